The van der Waals surface area contributed by atoms with Crippen LogP contribution >= 0.6 is 47.0 Å². The standard InChI is InChI=1S/C20H26N4O5.C20H29N3O5S2.C16H23N3O5.C15H18N2O4S2.C11H14O3/c1-6-8-14-15(24-16(28-14)11(21)7-2)18-22-12(9-27-18)17-23-13(10-26-17)19(25)29-20(3,4)5;1-19(2,3)28-17(25)14-12-26-16(21-14)13-11-27-18(22-13)20(29-9-6-10-30-20)15(24)7-8-23(4)5;1-5-6-11(20)12(17)14-18-9(7-23-14)13-19-10(8-22-13)15(21)24-16(2,3)4;1-15(2,3)21-13(18)10-8-19-11(17-10)9-7-20-12(16-9)14-22-5-4-6-23-14;1-9(11(12)13)7-14-8-10-5-3-2-4-6-10/h9-11H,6-8,21H2,1-5H3;11-12,15,24H,6-10H2,1-5H3;7-8,11-12,20H,5-6,17H2,1-4H3;7-8,14H,4-6H2,1-3H3;2-6,9H,7-8H2,1H3,(H,12,13). The third-order valence-corrected chi connectivity index (χ3v) is 22.6. The van der Waals surface area contributed by atoms with E-state index in [1.165, 1.54) is 56.5 Å². The average molecular weight is 1740 g/mol. The van der Waals surface area contributed by atoms with Gasteiger partial charge in [0, 0.05) is 13.0 Å². The molecular formula is C82H110N12O22S4. The number of carbonyl (C=O) groups excluding carboxylic acids is 4. The lowest BCUT2D eigenvalue weighted by atomic mass is 10.1. The first-order valence-corrected chi connectivity index (χ1v) is 43.2. The zero-order valence-corrected chi connectivity index (χ0v) is 74.2. The summed E-state index contributed by atoms with van der Waals surface area (Å²) in [5.74, 6) is 3.93. The molecule has 2 fully saturated rings. The van der Waals surface area contributed by atoms with Gasteiger partial charge in [-0.2, -0.15) is 0 Å². The minimum atomic E-state index is -0.821. The molecule has 2 saturated heterocycles. The third-order valence-electron chi connectivity index (χ3n) is 16.3. The number of carboxylic acids is 1. The Morgan fingerprint density at radius 3 is 1.46 bits per heavy atom. The van der Waals surface area contributed by atoms with Gasteiger partial charge >= 0.3 is 29.8 Å². The molecule has 120 heavy (non-hydrogen) atoms. The Bertz CT molecular complexity index is 4840. The molecule has 0 spiro atoms. The number of ether oxygens (including phenoxy) is 5. The molecule has 0 aliphatic carbocycles. The highest BCUT2D eigenvalue weighted by Gasteiger charge is 2.47. The van der Waals surface area contributed by atoms with Crippen LogP contribution in [0.1, 0.15) is 249 Å². The molecule has 5 unspecified atom stereocenters. The molecule has 2 aliphatic rings. The molecule has 2 aliphatic heterocycles. The Morgan fingerprint density at radius 1 is 0.542 bits per heavy atom. The predicted octanol–water partition coefficient (Wildman–Crippen LogP) is 16.4. The fourth-order valence-electron chi connectivity index (χ4n) is 10.4. The van der Waals surface area contributed by atoms with Crippen molar-refractivity contribution >= 4 is 76.9 Å². The SMILES string of the molecule is CC(C)(C)OC(=O)c1coc(-c2coc(C3SCCCS3)n2)n1.CC(COCc1ccccc1)C(=O)O.CCCC(O)C(N)c1nc(-c2nc(C(=O)OC(C)(C)C)co2)co1.CCCc1oc(C(N)CC)nc1-c1nc(-c2nc(C(=O)OC(C)(C)C)co2)co1.CN(C)CCC(O)C1(c2nc(-c3nc(C(=O)OC(C)(C)C)co3)co2)SCCCS1. The van der Waals surface area contributed by atoms with Gasteiger partial charge in [-0.15, -0.1) is 47.0 Å². The highest BCUT2D eigenvalue weighted by atomic mass is 32.2. The number of oxazole rings is 9. The number of nitrogens with two attached hydrogens (primary N) is 2. The number of aliphatic hydroxyl groups excluding tert-OH is 2. The second-order valence-electron chi connectivity index (χ2n) is 31.8. The highest BCUT2D eigenvalue weighted by molar-refractivity contribution is 8.18. The van der Waals surface area contributed by atoms with Crippen LogP contribution < -0.4 is 11.5 Å². The Kier molecular flexibility index (Phi) is 35.2. The van der Waals surface area contributed by atoms with Gasteiger partial charge in [-0.05, 0) is 171 Å². The van der Waals surface area contributed by atoms with Crippen molar-refractivity contribution in [2.75, 3.05) is 50.3 Å². The Labute approximate surface area is 713 Å². The summed E-state index contributed by atoms with van der Waals surface area (Å²) < 4.78 is 75.3. The number of aryl methyl sites for hydroxylation is 1. The van der Waals surface area contributed by atoms with Gasteiger partial charge in [0.1, 0.15) is 88.9 Å². The van der Waals surface area contributed by atoms with Crippen molar-refractivity contribution in [2.24, 2.45) is 17.4 Å². The number of rotatable bonds is 28. The molecule has 1 aromatic carbocycles. The molecule has 34 nitrogen and oxygen atoms in total. The van der Waals surface area contributed by atoms with Crippen LogP contribution in [0, 0.1) is 5.92 Å². The van der Waals surface area contributed by atoms with Gasteiger partial charge in [0.05, 0.1) is 37.4 Å². The highest BCUT2D eigenvalue weighted by Crippen LogP contribution is 2.53. The maximum atomic E-state index is 12.2. The molecule has 0 radical (unpaired) electrons. The minimum Gasteiger partial charge on any atom is -0.481 e. The number of hydrogen-bond acceptors (Lipinski definition) is 37. The molecular weight excluding hydrogens is 1630 g/mol. The summed E-state index contributed by atoms with van der Waals surface area (Å²) in [6, 6.07) is 8.66. The van der Waals surface area contributed by atoms with Crippen LogP contribution in [-0.2, 0) is 45.6 Å². The molecule has 0 bridgehead atoms. The van der Waals surface area contributed by atoms with E-state index in [0.717, 1.165) is 54.4 Å². The van der Waals surface area contributed by atoms with Crippen LogP contribution in [0.5, 0.6) is 0 Å². The number of aliphatic carboxylic acids is 1. The monoisotopic (exact) mass is 1740 g/mol. The summed E-state index contributed by atoms with van der Waals surface area (Å²) in [6.07, 6.45) is 15.7. The van der Waals surface area contributed by atoms with E-state index >= 15 is 0 Å². The van der Waals surface area contributed by atoms with E-state index in [0.29, 0.717) is 84.2 Å². The molecule has 5 atom stereocenters. The van der Waals surface area contributed by atoms with E-state index in [1.807, 2.05) is 93.6 Å². The number of esters is 4. The van der Waals surface area contributed by atoms with Crippen molar-refractivity contribution in [3.8, 4) is 57.9 Å². The Hall–Kier alpha value is -9.38. The topological polar surface area (TPSA) is 482 Å². The largest absolute Gasteiger partial charge is 0.481 e. The van der Waals surface area contributed by atoms with Crippen LogP contribution in [0.4, 0.5) is 0 Å². The second kappa shape index (κ2) is 43.9. The second-order valence-corrected chi connectivity index (χ2v) is 37.5. The minimum absolute atomic E-state index is 0.0415. The number of carbonyl (C=O) groups is 5. The number of nitrogens with zero attached hydrogens (tertiary/aromatic N) is 10. The quantitative estimate of drug-likeness (QED) is 0.0224. The maximum Gasteiger partial charge on any atom is 0.360 e. The van der Waals surface area contributed by atoms with Crippen LogP contribution in [0.2, 0.25) is 0 Å². The number of thioether (sulfide) groups is 4. The zero-order valence-electron chi connectivity index (χ0n) is 70.9. The molecule has 654 valence electrons. The van der Waals surface area contributed by atoms with E-state index in [-0.39, 0.29) is 75.4 Å². The predicted molar refractivity (Wildman–Crippen MR) is 449 cm³/mol. The third kappa shape index (κ3) is 29.2. The normalized spacial score (nSPS) is 15.1. The van der Waals surface area contributed by atoms with Crippen LogP contribution in [-0.4, -0.2) is 180 Å². The summed E-state index contributed by atoms with van der Waals surface area (Å²) in [5.41, 5.74) is 12.9. The molecule has 10 aromatic rings. The van der Waals surface area contributed by atoms with Gasteiger partial charge in [-0.1, -0.05) is 57.5 Å². The molecule has 7 N–H and O–H groups in total. The van der Waals surface area contributed by atoms with E-state index in [4.69, 9.17) is 80.0 Å². The molecule has 38 heteroatoms. The number of aliphatic hydroxyl groups is 2. The van der Waals surface area contributed by atoms with Crippen LogP contribution in [0.15, 0.2) is 120 Å². The summed E-state index contributed by atoms with van der Waals surface area (Å²) in [4.78, 5) is 99.3. The maximum absolute atomic E-state index is 12.2. The first-order chi connectivity index (χ1) is 56.6. The van der Waals surface area contributed by atoms with Crippen molar-refractivity contribution in [1.82, 2.24) is 49.8 Å². The first kappa shape index (κ1) is 96.1. The number of benzene rings is 1. The first-order valence-electron chi connectivity index (χ1n) is 39.1. The van der Waals surface area contributed by atoms with Gasteiger partial charge in [-0.25, -0.2) is 64.0 Å². The molecule has 0 amide bonds. The lowest BCUT2D eigenvalue weighted by Crippen LogP contribution is -2.38. The van der Waals surface area contributed by atoms with Crippen LogP contribution in [0.3, 0.4) is 0 Å². The summed E-state index contributed by atoms with van der Waals surface area (Å²) in [6.45, 7) is 30.5. The van der Waals surface area contributed by atoms with Crippen molar-refractivity contribution in [1.29, 1.82) is 0 Å². The van der Waals surface area contributed by atoms with Crippen molar-refractivity contribution in [3.63, 3.8) is 0 Å². The Balaban J connectivity index is 0.000000190. The van der Waals surface area contributed by atoms with Gasteiger partial charge in [0.2, 0.25) is 53.0 Å². The van der Waals surface area contributed by atoms with Gasteiger partial charge < -0.3 is 95.1 Å². The van der Waals surface area contributed by atoms with E-state index in [2.05, 4.69) is 44.9 Å². The van der Waals surface area contributed by atoms with Crippen molar-refractivity contribution in [2.45, 2.75) is 224 Å². The van der Waals surface area contributed by atoms with Crippen LogP contribution in [0.25, 0.3) is 57.9 Å². The zero-order chi connectivity index (χ0) is 87.9. The number of aromatic nitrogens is 9. The van der Waals surface area contributed by atoms with E-state index in [9.17, 15) is 34.2 Å². The van der Waals surface area contributed by atoms with Gasteiger partial charge in [0.25, 0.3) is 0 Å². The van der Waals surface area contributed by atoms with Crippen molar-refractivity contribution in [3.05, 3.63) is 138 Å². The smallest absolute Gasteiger partial charge is 0.360 e. The average Bonchev–Trinajstić information content (AvgIpc) is 1.54. The molecule has 9 aromatic heterocycles. The van der Waals surface area contributed by atoms with Crippen molar-refractivity contribution < 1.29 is 103 Å². The summed E-state index contributed by atoms with van der Waals surface area (Å²) in [7, 11) is 3.96. The fourth-order valence-corrected chi connectivity index (χ4v) is 16.4. The lowest BCUT2D eigenvalue weighted by Gasteiger charge is -2.37. The van der Waals surface area contributed by atoms with Gasteiger partial charge in [0.15, 0.2) is 55.3 Å². The summed E-state index contributed by atoms with van der Waals surface area (Å²) in [5, 5.41) is 29.5. The van der Waals surface area contributed by atoms with Gasteiger partial charge in [-0.3, -0.25) is 4.79 Å². The molecule has 12 rings (SSSR count). The van der Waals surface area contributed by atoms with E-state index < -0.39 is 80.5 Å². The number of hydrogen-bond donors (Lipinski definition) is 5. The molecule has 11 heterocycles. The fraction of sp³-hybridized carbons (Fsp3) is 0.537. The number of carboxylic acid groups (broad SMARTS) is 1. The summed E-state index contributed by atoms with van der Waals surface area (Å²) >= 11 is 6.97. The lowest BCUT2D eigenvalue weighted by molar-refractivity contribution is -0.143. The molecule has 0 saturated carbocycles. The van der Waals surface area contributed by atoms with E-state index in [1.54, 1.807) is 114 Å². The Morgan fingerprint density at radius 2 is 0.992 bits per heavy atom.